The van der Waals surface area contributed by atoms with Gasteiger partial charge in [-0.2, -0.15) is 0 Å². The molecule has 2 nitrogen and oxygen atoms in total. The second-order valence-electron chi connectivity index (χ2n) is 19.1. The van der Waals surface area contributed by atoms with Gasteiger partial charge in [-0.05, 0) is 126 Å². The van der Waals surface area contributed by atoms with Gasteiger partial charge in [0.05, 0.1) is 11.1 Å². The predicted octanol–water partition coefficient (Wildman–Crippen LogP) is 19.2. The van der Waals surface area contributed by atoms with Crippen molar-refractivity contribution in [3.8, 4) is 55.6 Å². The van der Waals surface area contributed by atoms with Crippen LogP contribution in [0, 0.1) is 0 Å². The van der Waals surface area contributed by atoms with Gasteiger partial charge in [-0.1, -0.05) is 243 Å². The van der Waals surface area contributed by atoms with E-state index in [2.05, 4.69) is 278 Å². The van der Waals surface area contributed by atoms with Crippen molar-refractivity contribution in [2.45, 2.75) is 5.41 Å². The number of anilines is 3. The van der Waals surface area contributed by atoms with E-state index in [1.165, 1.54) is 77.5 Å². The quantitative estimate of drug-likeness (QED) is 0.143. The molecule has 342 valence electrons. The first kappa shape index (κ1) is 42.4. The largest absolute Gasteiger partial charge is 0.456 e. The predicted molar refractivity (Wildman–Crippen MR) is 305 cm³/mol. The van der Waals surface area contributed by atoms with Gasteiger partial charge < -0.3 is 9.32 Å². The lowest BCUT2D eigenvalue weighted by Gasteiger charge is -2.34. The summed E-state index contributed by atoms with van der Waals surface area (Å²) in [6.07, 6.45) is 0. The highest BCUT2D eigenvalue weighted by atomic mass is 16.3. The van der Waals surface area contributed by atoms with Crippen molar-refractivity contribution in [1.29, 1.82) is 0 Å². The molecule has 1 aliphatic rings. The molecule has 12 aromatic carbocycles. The first-order chi connectivity index (χ1) is 36.2. The third kappa shape index (κ3) is 6.87. The summed E-state index contributed by atoms with van der Waals surface area (Å²) in [5, 5.41) is 4.63. The number of furan rings is 1. The zero-order chi connectivity index (χ0) is 48.3. The molecule has 0 atom stereocenters. The number of rotatable bonds is 9. The van der Waals surface area contributed by atoms with E-state index in [0.29, 0.717) is 0 Å². The average molecular weight is 930 g/mol. The molecule has 73 heavy (non-hydrogen) atoms. The van der Waals surface area contributed by atoms with Crippen LogP contribution in [0.3, 0.4) is 0 Å². The molecule has 0 unspecified atom stereocenters. The number of para-hydroxylation sites is 1. The van der Waals surface area contributed by atoms with E-state index in [4.69, 9.17) is 4.42 Å². The normalized spacial score (nSPS) is 12.5. The third-order valence-corrected chi connectivity index (χ3v) is 15.2. The molecule has 0 spiro atoms. The van der Waals surface area contributed by atoms with Crippen LogP contribution in [-0.2, 0) is 5.41 Å². The minimum atomic E-state index is -0.471. The van der Waals surface area contributed by atoms with Gasteiger partial charge >= 0.3 is 0 Å². The van der Waals surface area contributed by atoms with Crippen molar-refractivity contribution >= 4 is 49.8 Å². The summed E-state index contributed by atoms with van der Waals surface area (Å²) >= 11 is 0. The molecular weight excluding hydrogens is 883 g/mol. The van der Waals surface area contributed by atoms with Crippen LogP contribution in [0.4, 0.5) is 17.1 Å². The first-order valence-corrected chi connectivity index (χ1v) is 25.2. The fourth-order valence-electron chi connectivity index (χ4n) is 12.0. The highest BCUT2D eigenvalue weighted by Gasteiger charge is 2.46. The van der Waals surface area contributed by atoms with E-state index in [1.54, 1.807) is 0 Å². The number of hydrogen-bond acceptors (Lipinski definition) is 2. The summed E-state index contributed by atoms with van der Waals surface area (Å²) < 4.78 is 6.33. The lowest BCUT2D eigenvalue weighted by atomic mass is 9.67. The number of benzene rings is 12. The summed E-state index contributed by atoms with van der Waals surface area (Å²) in [4.78, 5) is 2.42. The monoisotopic (exact) mass is 929 g/mol. The van der Waals surface area contributed by atoms with E-state index in [0.717, 1.165) is 50.1 Å². The molecule has 0 amide bonds. The van der Waals surface area contributed by atoms with E-state index in [9.17, 15) is 0 Å². The maximum atomic E-state index is 6.33. The summed E-state index contributed by atoms with van der Waals surface area (Å²) in [6.45, 7) is 0. The molecule has 0 radical (unpaired) electrons. The van der Waals surface area contributed by atoms with Gasteiger partial charge in [-0.25, -0.2) is 0 Å². The lowest BCUT2D eigenvalue weighted by molar-refractivity contribution is 0.669. The molecule has 13 aromatic rings. The molecule has 0 N–H and O–H groups in total. The second-order valence-corrected chi connectivity index (χ2v) is 19.1. The van der Waals surface area contributed by atoms with Crippen LogP contribution < -0.4 is 4.90 Å². The van der Waals surface area contributed by atoms with Crippen LogP contribution in [0.1, 0.15) is 22.3 Å². The molecule has 1 aromatic heterocycles. The SMILES string of the molecule is c1ccc(-c2ccc(-c3ccc(N(c4ccc(-c5cccc6c5-c5ccccc5C6(c5ccccc5)c5ccccc5)cc4)c4ccc(-c5cccc6oc7ccccc7c56)cc4)c4ccccc34)cc2)cc1. The Bertz CT molecular complexity index is 4120. The summed E-state index contributed by atoms with van der Waals surface area (Å²) in [5.74, 6) is 0. The smallest absolute Gasteiger partial charge is 0.136 e. The Kier molecular flexibility index (Phi) is 10.1. The van der Waals surface area contributed by atoms with E-state index in [-0.39, 0.29) is 0 Å². The molecule has 0 fully saturated rings. The molecule has 0 saturated carbocycles. The molecule has 2 heteroatoms. The topological polar surface area (TPSA) is 16.4 Å². The number of hydrogen-bond donors (Lipinski definition) is 0. The summed E-state index contributed by atoms with van der Waals surface area (Å²) in [5.41, 5.74) is 21.7. The van der Waals surface area contributed by atoms with Gasteiger partial charge in [0, 0.05) is 27.5 Å². The Morgan fingerprint density at radius 1 is 0.274 bits per heavy atom. The highest BCUT2D eigenvalue weighted by Crippen LogP contribution is 2.58. The van der Waals surface area contributed by atoms with Crippen LogP contribution in [0.15, 0.2) is 290 Å². The van der Waals surface area contributed by atoms with Crippen LogP contribution in [0.25, 0.3) is 88.3 Å². The molecule has 0 aliphatic heterocycles. The van der Waals surface area contributed by atoms with Crippen molar-refractivity contribution in [1.82, 2.24) is 0 Å². The zero-order valence-corrected chi connectivity index (χ0v) is 40.0. The number of fused-ring (bicyclic) bond motifs is 7. The van der Waals surface area contributed by atoms with Gasteiger partial charge in [0.15, 0.2) is 0 Å². The Morgan fingerprint density at radius 2 is 0.740 bits per heavy atom. The second kappa shape index (κ2) is 17.4. The van der Waals surface area contributed by atoms with Crippen molar-refractivity contribution < 1.29 is 4.42 Å². The number of nitrogens with zero attached hydrogens (tertiary/aromatic N) is 1. The Morgan fingerprint density at radius 3 is 1.44 bits per heavy atom. The van der Waals surface area contributed by atoms with Gasteiger partial charge in [0.1, 0.15) is 11.2 Å². The van der Waals surface area contributed by atoms with E-state index >= 15 is 0 Å². The standard InChI is InChI=1S/C71H47NO/c1-4-18-48(19-5-1)49-34-36-50(37-35-49)57-46-47-66(61-25-11-10-24-60(57)61)72(56-44-40-52(41-45-56)59-29-17-33-68-70(59)63-27-13-15-32-67(63)73-68)55-42-38-51(39-43-55)58-28-16-31-65-69(58)62-26-12-14-30-64(62)71(65,53-20-6-2-7-21-53)54-22-8-3-9-23-54/h1-47H. The van der Waals surface area contributed by atoms with Gasteiger partial charge in [0.2, 0.25) is 0 Å². The van der Waals surface area contributed by atoms with Gasteiger partial charge in [-0.3, -0.25) is 0 Å². The first-order valence-electron chi connectivity index (χ1n) is 25.2. The minimum Gasteiger partial charge on any atom is -0.456 e. The molecular formula is C71H47NO. The highest BCUT2D eigenvalue weighted by molar-refractivity contribution is 6.13. The zero-order valence-electron chi connectivity index (χ0n) is 40.0. The van der Waals surface area contributed by atoms with E-state index < -0.39 is 5.41 Å². The van der Waals surface area contributed by atoms with Gasteiger partial charge in [0.25, 0.3) is 0 Å². The van der Waals surface area contributed by atoms with Crippen molar-refractivity contribution in [2.24, 2.45) is 0 Å². The van der Waals surface area contributed by atoms with Crippen LogP contribution in [-0.4, -0.2) is 0 Å². The maximum Gasteiger partial charge on any atom is 0.136 e. The molecule has 0 saturated heterocycles. The van der Waals surface area contributed by atoms with Crippen molar-refractivity contribution in [2.75, 3.05) is 4.90 Å². The molecule has 14 rings (SSSR count). The summed E-state index contributed by atoms with van der Waals surface area (Å²) in [7, 11) is 0. The summed E-state index contributed by atoms with van der Waals surface area (Å²) in [6, 6.07) is 104. The van der Waals surface area contributed by atoms with Crippen LogP contribution >= 0.6 is 0 Å². The fraction of sp³-hybridized carbons (Fsp3) is 0.0141. The third-order valence-electron chi connectivity index (χ3n) is 15.2. The Balaban J connectivity index is 0.915. The maximum absolute atomic E-state index is 6.33. The minimum absolute atomic E-state index is 0.471. The Hall–Kier alpha value is -9.50. The van der Waals surface area contributed by atoms with Crippen LogP contribution in [0.5, 0.6) is 0 Å². The average Bonchev–Trinajstić information content (AvgIpc) is 4.01. The molecule has 1 heterocycles. The molecule has 1 aliphatic carbocycles. The fourth-order valence-corrected chi connectivity index (χ4v) is 12.0. The Labute approximate surface area is 425 Å². The van der Waals surface area contributed by atoms with Crippen molar-refractivity contribution in [3.05, 3.63) is 307 Å². The van der Waals surface area contributed by atoms with E-state index in [1.807, 2.05) is 12.1 Å². The van der Waals surface area contributed by atoms with Crippen LogP contribution in [0.2, 0.25) is 0 Å². The van der Waals surface area contributed by atoms with Gasteiger partial charge in [-0.15, -0.1) is 0 Å². The lowest BCUT2D eigenvalue weighted by Crippen LogP contribution is -2.28. The molecule has 0 bridgehead atoms. The van der Waals surface area contributed by atoms with Crippen molar-refractivity contribution in [3.63, 3.8) is 0 Å².